The van der Waals surface area contributed by atoms with Gasteiger partial charge in [0.05, 0.1) is 10.6 Å². The number of rotatable bonds is 13. The minimum absolute atomic E-state index is 0.00990. The zero-order valence-electron chi connectivity index (χ0n) is 26.3. The second-order valence-corrected chi connectivity index (χ2v) is 13.6. The molecule has 0 saturated carbocycles. The normalized spacial score (nSPS) is 13.7. The Morgan fingerprint density at radius 3 is 2.19 bits per heavy atom. The molecule has 9 nitrogen and oxygen atoms in total. The van der Waals surface area contributed by atoms with E-state index < -0.39 is 28.5 Å². The standard InChI is InChI=1S/C36H38ClN3O6S/c1-3-26(2)38-36(42)32(22-27-12-6-4-7-13-27)39(24-28-14-10-11-17-31(28)37)35(41)25-40(47(43,44)30-15-8-5-9-16-30)29-18-19-33-34(23-29)46-21-20-45-33/h4-19,23,26,32H,3,20-22,24-25H2,1-2H3,(H,38,42). The van der Waals surface area contributed by atoms with E-state index in [-0.39, 0.29) is 35.5 Å². The van der Waals surface area contributed by atoms with Gasteiger partial charge < -0.3 is 19.7 Å². The first kappa shape index (κ1) is 33.8. The number of hydrogen-bond acceptors (Lipinski definition) is 6. The Balaban J connectivity index is 1.59. The van der Waals surface area contributed by atoms with E-state index in [2.05, 4.69) is 5.32 Å². The van der Waals surface area contributed by atoms with Crippen molar-refractivity contribution >= 4 is 39.1 Å². The van der Waals surface area contributed by atoms with Gasteiger partial charge in [0.15, 0.2) is 11.5 Å². The Kier molecular flexibility index (Phi) is 11.1. The second kappa shape index (κ2) is 15.4. The molecule has 2 unspecified atom stereocenters. The first-order chi connectivity index (χ1) is 22.7. The lowest BCUT2D eigenvalue weighted by atomic mass is 10.0. The van der Waals surface area contributed by atoms with Crippen LogP contribution in [-0.4, -0.2) is 57.0 Å². The van der Waals surface area contributed by atoms with Crippen LogP contribution in [0.3, 0.4) is 0 Å². The summed E-state index contributed by atoms with van der Waals surface area (Å²) in [5.74, 6) is -0.0782. The molecule has 0 fully saturated rings. The van der Waals surface area contributed by atoms with Crippen LogP contribution in [0, 0.1) is 0 Å². The zero-order chi connectivity index (χ0) is 33.4. The lowest BCUT2D eigenvalue weighted by Gasteiger charge is -2.34. The predicted molar refractivity (Wildman–Crippen MR) is 182 cm³/mol. The fourth-order valence-electron chi connectivity index (χ4n) is 5.24. The lowest BCUT2D eigenvalue weighted by molar-refractivity contribution is -0.140. The van der Waals surface area contributed by atoms with Gasteiger partial charge in [0.25, 0.3) is 10.0 Å². The highest BCUT2D eigenvalue weighted by atomic mass is 35.5. The van der Waals surface area contributed by atoms with E-state index in [1.807, 2.05) is 44.2 Å². The van der Waals surface area contributed by atoms with Gasteiger partial charge >= 0.3 is 0 Å². The van der Waals surface area contributed by atoms with Crippen molar-refractivity contribution in [1.29, 1.82) is 0 Å². The van der Waals surface area contributed by atoms with E-state index in [0.29, 0.717) is 41.7 Å². The average molecular weight is 676 g/mol. The monoisotopic (exact) mass is 675 g/mol. The molecule has 2 atom stereocenters. The first-order valence-electron chi connectivity index (χ1n) is 15.5. The number of fused-ring (bicyclic) bond motifs is 1. The molecule has 0 aliphatic carbocycles. The highest BCUT2D eigenvalue weighted by Gasteiger charge is 2.35. The molecule has 4 aromatic rings. The zero-order valence-corrected chi connectivity index (χ0v) is 27.9. The molecule has 0 saturated heterocycles. The van der Waals surface area contributed by atoms with E-state index in [1.54, 1.807) is 60.7 Å². The van der Waals surface area contributed by atoms with Crippen molar-refractivity contribution in [2.45, 2.75) is 50.2 Å². The highest BCUT2D eigenvalue weighted by Crippen LogP contribution is 2.36. The molecular weight excluding hydrogens is 638 g/mol. The van der Waals surface area contributed by atoms with E-state index in [4.69, 9.17) is 21.1 Å². The molecule has 2 amide bonds. The quantitative estimate of drug-likeness (QED) is 0.190. The van der Waals surface area contributed by atoms with Gasteiger partial charge in [-0.1, -0.05) is 85.3 Å². The van der Waals surface area contributed by atoms with Crippen LogP contribution in [0.1, 0.15) is 31.4 Å². The summed E-state index contributed by atoms with van der Waals surface area (Å²) in [6.07, 6.45) is 0.893. The molecule has 246 valence electrons. The van der Waals surface area contributed by atoms with Crippen LogP contribution in [0.25, 0.3) is 0 Å². The van der Waals surface area contributed by atoms with Crippen LogP contribution in [0.4, 0.5) is 5.69 Å². The minimum atomic E-state index is -4.26. The van der Waals surface area contributed by atoms with Crippen molar-refractivity contribution in [3.8, 4) is 11.5 Å². The van der Waals surface area contributed by atoms with Gasteiger partial charge in [-0.2, -0.15) is 0 Å². The number of benzene rings is 4. The molecule has 1 aliphatic heterocycles. The maximum Gasteiger partial charge on any atom is 0.264 e. The van der Waals surface area contributed by atoms with E-state index in [1.165, 1.54) is 17.0 Å². The molecule has 1 aliphatic rings. The summed E-state index contributed by atoms with van der Waals surface area (Å²) in [6.45, 7) is 3.92. The summed E-state index contributed by atoms with van der Waals surface area (Å²) in [7, 11) is -4.26. The number of sulfonamides is 1. The molecule has 4 aromatic carbocycles. The number of nitrogens with zero attached hydrogens (tertiary/aromatic N) is 2. The van der Waals surface area contributed by atoms with Crippen LogP contribution >= 0.6 is 11.6 Å². The number of carbonyl (C=O) groups is 2. The molecule has 11 heteroatoms. The first-order valence-corrected chi connectivity index (χ1v) is 17.3. The minimum Gasteiger partial charge on any atom is -0.486 e. The second-order valence-electron chi connectivity index (χ2n) is 11.3. The third-order valence-corrected chi connectivity index (χ3v) is 10.2. The molecule has 1 heterocycles. The van der Waals surface area contributed by atoms with Gasteiger partial charge in [-0.15, -0.1) is 0 Å². The van der Waals surface area contributed by atoms with E-state index >= 15 is 0 Å². The van der Waals surface area contributed by atoms with Crippen LogP contribution in [0.15, 0.2) is 108 Å². The molecule has 0 radical (unpaired) electrons. The van der Waals surface area contributed by atoms with Gasteiger partial charge in [-0.05, 0) is 54.8 Å². The third-order valence-electron chi connectivity index (χ3n) is 7.99. The Hall–Kier alpha value is -4.54. The van der Waals surface area contributed by atoms with Crippen LogP contribution < -0.4 is 19.1 Å². The molecule has 0 bridgehead atoms. The molecule has 47 heavy (non-hydrogen) atoms. The number of anilines is 1. The smallest absolute Gasteiger partial charge is 0.264 e. The van der Waals surface area contributed by atoms with Gasteiger partial charge in [0.2, 0.25) is 11.8 Å². The number of nitrogens with one attached hydrogen (secondary N) is 1. The van der Waals surface area contributed by atoms with Crippen molar-refractivity contribution < 1.29 is 27.5 Å². The van der Waals surface area contributed by atoms with Gasteiger partial charge in [0.1, 0.15) is 25.8 Å². The highest BCUT2D eigenvalue weighted by molar-refractivity contribution is 7.92. The molecule has 0 aromatic heterocycles. The summed E-state index contributed by atoms with van der Waals surface area (Å²) in [4.78, 5) is 30.1. The van der Waals surface area contributed by atoms with Crippen molar-refractivity contribution in [2.24, 2.45) is 0 Å². The Labute approximate surface area is 281 Å². The Bertz CT molecular complexity index is 1790. The number of hydrogen-bond donors (Lipinski definition) is 1. The van der Waals surface area contributed by atoms with Crippen LogP contribution in [-0.2, 0) is 32.6 Å². The number of halogens is 1. The summed E-state index contributed by atoms with van der Waals surface area (Å²) in [6, 6.07) is 28.0. The number of amides is 2. The summed E-state index contributed by atoms with van der Waals surface area (Å²) in [5, 5.41) is 3.46. The average Bonchev–Trinajstić information content (AvgIpc) is 3.09. The molecule has 0 spiro atoms. The van der Waals surface area contributed by atoms with E-state index in [9.17, 15) is 18.0 Å². The molecular formula is C36H38ClN3O6S. The number of carbonyl (C=O) groups excluding carboxylic acids is 2. The SMILES string of the molecule is CCC(C)NC(=O)C(Cc1ccccc1)N(Cc1ccccc1Cl)C(=O)CN(c1ccc2c(c1)OCCO2)S(=O)(=O)c1ccccc1. The van der Waals surface area contributed by atoms with Crippen molar-refractivity contribution in [3.05, 3.63) is 119 Å². The fourth-order valence-corrected chi connectivity index (χ4v) is 6.86. The molecule has 5 rings (SSSR count). The van der Waals surface area contributed by atoms with E-state index in [0.717, 1.165) is 9.87 Å². The fraction of sp³-hybridized carbons (Fsp3) is 0.278. The topological polar surface area (TPSA) is 105 Å². The largest absolute Gasteiger partial charge is 0.486 e. The Morgan fingerprint density at radius 2 is 1.51 bits per heavy atom. The summed E-state index contributed by atoms with van der Waals surface area (Å²) in [5.41, 5.74) is 1.68. The third kappa shape index (κ3) is 8.25. The summed E-state index contributed by atoms with van der Waals surface area (Å²) < 4.78 is 40.9. The van der Waals surface area contributed by atoms with Crippen LogP contribution in [0.5, 0.6) is 11.5 Å². The van der Waals surface area contributed by atoms with Gasteiger partial charge in [-0.3, -0.25) is 13.9 Å². The lowest BCUT2D eigenvalue weighted by Crippen LogP contribution is -2.54. The van der Waals surface area contributed by atoms with Crippen molar-refractivity contribution in [3.63, 3.8) is 0 Å². The van der Waals surface area contributed by atoms with Gasteiger partial charge in [-0.25, -0.2) is 8.42 Å². The van der Waals surface area contributed by atoms with Crippen molar-refractivity contribution in [2.75, 3.05) is 24.1 Å². The summed E-state index contributed by atoms with van der Waals surface area (Å²) >= 11 is 6.58. The molecule has 1 N–H and O–H groups in total. The maximum atomic E-state index is 14.6. The van der Waals surface area contributed by atoms with Gasteiger partial charge in [0, 0.05) is 30.1 Å². The Morgan fingerprint density at radius 1 is 0.872 bits per heavy atom. The maximum absolute atomic E-state index is 14.6. The number of ether oxygens (including phenoxy) is 2. The van der Waals surface area contributed by atoms with Crippen LogP contribution in [0.2, 0.25) is 5.02 Å². The predicted octanol–water partition coefficient (Wildman–Crippen LogP) is 5.86. The van der Waals surface area contributed by atoms with Crippen molar-refractivity contribution in [1.82, 2.24) is 10.2 Å².